The summed E-state index contributed by atoms with van der Waals surface area (Å²) in [6, 6.07) is 3.44. The largest absolute Gasteiger partial charge is 0.481 e. The monoisotopic (exact) mass is 374 g/mol. The maximum Gasteiger partial charge on any atom is 0.248 e. The number of aromatic nitrogens is 2. The Morgan fingerprint density at radius 3 is 2.21 bits per heavy atom. The summed E-state index contributed by atoms with van der Waals surface area (Å²) in [5.41, 5.74) is -1.18. The van der Waals surface area contributed by atoms with Crippen LogP contribution in [0.2, 0.25) is 0 Å². The molecule has 0 radical (unpaired) electrons. The van der Waals surface area contributed by atoms with Crippen LogP contribution < -0.4 is 14.2 Å². The normalized spacial score (nSPS) is 12.8. The number of methoxy groups -OCH3 is 2. The Labute approximate surface area is 144 Å². The Kier molecular flexibility index (Phi) is 6.39. The highest BCUT2D eigenvalue weighted by atomic mass is 32.2. The van der Waals surface area contributed by atoms with Crippen LogP contribution in [0.5, 0.6) is 11.8 Å². The van der Waals surface area contributed by atoms with Crippen molar-refractivity contribution in [2.75, 3.05) is 20.5 Å². The summed E-state index contributed by atoms with van der Waals surface area (Å²) in [6.45, 7) is 3.04. The third kappa shape index (κ3) is 5.54. The number of rotatable bonds is 7. The van der Waals surface area contributed by atoms with Crippen LogP contribution in [0, 0.1) is 16.7 Å². The molecule has 0 saturated carbocycles. The number of carbonyl (C=O) groups excluding carboxylic acids is 1. The maximum absolute atomic E-state index is 12.3. The minimum absolute atomic E-state index is 0.114. The summed E-state index contributed by atoms with van der Waals surface area (Å²) in [7, 11) is -0.955. The van der Waals surface area contributed by atoms with E-state index in [9.17, 15) is 18.5 Å². The van der Waals surface area contributed by atoms with Crippen LogP contribution in [0.3, 0.4) is 0 Å². The quantitative estimate of drug-likeness (QED) is 0.537. The number of sulfonamides is 1. The van der Waals surface area contributed by atoms with Crippen molar-refractivity contribution in [2.24, 2.45) is 5.41 Å². The van der Waals surface area contributed by atoms with Crippen LogP contribution in [0.25, 0.3) is 0 Å². The van der Waals surface area contributed by atoms with E-state index in [1.807, 2.05) is 10.8 Å². The standard InChI is InChI=1S/C13H18N4O5S2/c1-13(2,7-14)10(11(18)17-24(5,19)20)23-12-15-8(21-3)6-9(16-12)22-4/h6,10H,1-5H3,(H,17,18). The topological polar surface area (TPSA) is 131 Å². The van der Waals surface area contributed by atoms with E-state index in [-0.39, 0.29) is 16.9 Å². The molecule has 24 heavy (non-hydrogen) atoms. The lowest BCUT2D eigenvalue weighted by atomic mass is 9.90. The number of ether oxygens (including phenoxy) is 2. The maximum atomic E-state index is 12.3. The minimum Gasteiger partial charge on any atom is -0.481 e. The predicted octanol–water partition coefficient (Wildman–Crippen LogP) is 0.580. The molecule has 0 aromatic carbocycles. The summed E-state index contributed by atoms with van der Waals surface area (Å²) in [6.07, 6.45) is 0.858. The van der Waals surface area contributed by atoms with E-state index in [0.29, 0.717) is 0 Å². The van der Waals surface area contributed by atoms with Crippen molar-refractivity contribution >= 4 is 27.7 Å². The molecule has 0 aliphatic heterocycles. The predicted molar refractivity (Wildman–Crippen MR) is 87.2 cm³/mol. The van der Waals surface area contributed by atoms with Crippen molar-refractivity contribution in [3.05, 3.63) is 6.07 Å². The fourth-order valence-electron chi connectivity index (χ4n) is 1.57. The van der Waals surface area contributed by atoms with Gasteiger partial charge in [0.2, 0.25) is 27.7 Å². The first kappa shape index (κ1) is 20.0. The van der Waals surface area contributed by atoms with Crippen LogP contribution >= 0.6 is 11.8 Å². The molecule has 0 saturated heterocycles. The van der Waals surface area contributed by atoms with E-state index in [0.717, 1.165) is 18.0 Å². The summed E-state index contributed by atoms with van der Waals surface area (Å²) < 4.78 is 34.6. The molecule has 0 fully saturated rings. The Morgan fingerprint density at radius 1 is 1.33 bits per heavy atom. The Hall–Kier alpha value is -2.06. The lowest BCUT2D eigenvalue weighted by molar-refractivity contribution is -0.120. The van der Waals surface area contributed by atoms with E-state index in [4.69, 9.17) is 9.47 Å². The van der Waals surface area contributed by atoms with Crippen LogP contribution in [-0.4, -0.2) is 50.0 Å². The van der Waals surface area contributed by atoms with E-state index in [1.165, 1.54) is 34.1 Å². The van der Waals surface area contributed by atoms with Gasteiger partial charge in [-0.05, 0) is 13.8 Å². The highest BCUT2D eigenvalue weighted by Gasteiger charge is 2.38. The van der Waals surface area contributed by atoms with Crippen LogP contribution in [0.4, 0.5) is 0 Å². The lowest BCUT2D eigenvalue weighted by Crippen LogP contribution is -2.43. The molecule has 1 N–H and O–H groups in total. The molecular weight excluding hydrogens is 356 g/mol. The van der Waals surface area contributed by atoms with Gasteiger partial charge in [-0.3, -0.25) is 9.52 Å². The molecule has 0 bridgehead atoms. The minimum atomic E-state index is -3.77. The molecule has 0 aliphatic carbocycles. The second-order valence-corrected chi connectivity index (χ2v) is 8.13. The van der Waals surface area contributed by atoms with Crippen molar-refractivity contribution in [1.82, 2.24) is 14.7 Å². The zero-order valence-corrected chi connectivity index (χ0v) is 15.5. The van der Waals surface area contributed by atoms with Crippen LogP contribution in [0.1, 0.15) is 13.8 Å². The molecule has 1 amide bonds. The Balaban J connectivity index is 3.23. The highest BCUT2D eigenvalue weighted by molar-refractivity contribution is 8.00. The number of hydrogen-bond acceptors (Lipinski definition) is 9. The Bertz CT molecular complexity index is 736. The highest BCUT2D eigenvalue weighted by Crippen LogP contribution is 2.35. The second-order valence-electron chi connectivity index (χ2n) is 5.31. The van der Waals surface area contributed by atoms with Gasteiger partial charge in [-0.15, -0.1) is 0 Å². The zero-order valence-electron chi connectivity index (χ0n) is 13.9. The number of carbonyl (C=O) groups is 1. The summed E-state index contributed by atoms with van der Waals surface area (Å²) in [5.74, 6) is -0.415. The molecule has 0 spiro atoms. The first-order valence-corrected chi connectivity index (χ1v) is 9.36. The van der Waals surface area contributed by atoms with E-state index in [2.05, 4.69) is 9.97 Å². The molecular formula is C13H18N4O5S2. The van der Waals surface area contributed by atoms with Gasteiger partial charge in [0.1, 0.15) is 5.25 Å². The Morgan fingerprint density at radius 2 is 1.83 bits per heavy atom. The van der Waals surface area contributed by atoms with Crippen LogP contribution in [-0.2, 0) is 14.8 Å². The van der Waals surface area contributed by atoms with Gasteiger partial charge in [0.15, 0.2) is 5.16 Å². The summed E-state index contributed by atoms with van der Waals surface area (Å²) >= 11 is 0.847. The van der Waals surface area contributed by atoms with Crippen molar-refractivity contribution in [3.63, 3.8) is 0 Å². The van der Waals surface area contributed by atoms with E-state index in [1.54, 1.807) is 0 Å². The van der Waals surface area contributed by atoms with Crippen molar-refractivity contribution in [1.29, 1.82) is 5.26 Å². The van der Waals surface area contributed by atoms with E-state index < -0.39 is 26.6 Å². The fraction of sp³-hybridized carbons (Fsp3) is 0.538. The molecule has 1 aromatic heterocycles. The van der Waals surface area contributed by atoms with Gasteiger partial charge in [0, 0.05) is 0 Å². The van der Waals surface area contributed by atoms with Crippen molar-refractivity contribution in [2.45, 2.75) is 24.3 Å². The number of nitrogens with one attached hydrogen (secondary N) is 1. The second kappa shape index (κ2) is 7.67. The van der Waals surface area contributed by atoms with Gasteiger partial charge in [-0.25, -0.2) is 8.42 Å². The van der Waals surface area contributed by atoms with Gasteiger partial charge < -0.3 is 9.47 Å². The average molecular weight is 374 g/mol. The fourth-order valence-corrected chi connectivity index (χ4v) is 3.14. The van der Waals surface area contributed by atoms with Gasteiger partial charge in [0.25, 0.3) is 0 Å². The third-order valence-electron chi connectivity index (χ3n) is 2.77. The number of amides is 1. The molecule has 1 heterocycles. The van der Waals surface area contributed by atoms with Crippen LogP contribution in [0.15, 0.2) is 11.2 Å². The molecule has 9 nitrogen and oxygen atoms in total. The summed E-state index contributed by atoms with van der Waals surface area (Å²) in [4.78, 5) is 20.5. The zero-order chi connectivity index (χ0) is 18.5. The molecule has 1 aromatic rings. The number of nitriles is 1. The molecule has 1 atom stereocenters. The van der Waals surface area contributed by atoms with Crippen molar-refractivity contribution in [3.8, 4) is 17.8 Å². The number of nitrogens with zero attached hydrogens (tertiary/aromatic N) is 3. The number of hydrogen-bond donors (Lipinski definition) is 1. The van der Waals surface area contributed by atoms with Gasteiger partial charge in [0.05, 0.1) is 38.0 Å². The smallest absolute Gasteiger partial charge is 0.248 e. The first-order valence-electron chi connectivity index (χ1n) is 6.59. The van der Waals surface area contributed by atoms with E-state index >= 15 is 0 Å². The molecule has 1 unspecified atom stereocenters. The lowest BCUT2D eigenvalue weighted by Gasteiger charge is -2.25. The van der Waals surface area contributed by atoms with Gasteiger partial charge in [-0.2, -0.15) is 15.2 Å². The molecule has 132 valence electrons. The molecule has 11 heteroatoms. The molecule has 0 aliphatic rings. The SMILES string of the molecule is COc1cc(OC)nc(SC(C(=O)NS(C)(=O)=O)C(C)(C)C#N)n1. The van der Waals surface area contributed by atoms with Crippen molar-refractivity contribution < 1.29 is 22.7 Å². The third-order valence-corrected chi connectivity index (χ3v) is 4.77. The summed E-state index contributed by atoms with van der Waals surface area (Å²) in [5, 5.41) is 8.35. The molecule has 1 rings (SSSR count). The van der Waals surface area contributed by atoms with Gasteiger partial charge in [-0.1, -0.05) is 11.8 Å². The number of thioether (sulfide) groups is 1. The average Bonchev–Trinajstić information content (AvgIpc) is 2.50. The van der Waals surface area contributed by atoms with Gasteiger partial charge >= 0.3 is 0 Å². The first-order chi connectivity index (χ1) is 11.0.